The minimum absolute atomic E-state index is 0.0649. The van der Waals surface area contributed by atoms with Crippen LogP contribution in [0, 0.1) is 11.3 Å². The van der Waals surface area contributed by atoms with E-state index in [1.807, 2.05) is 36.6 Å². The molecule has 7 nitrogen and oxygen atoms in total. The van der Waals surface area contributed by atoms with Crippen LogP contribution in [0.3, 0.4) is 0 Å². The standard InChI is InChI=1S/C21H19N3O4S2/c1-26-16-9-13(10-17(27-2)18(16)28-3)24-19(12-5-7-14(30-4)8-6-12)23-20(29)15(11-22)21(24)25/h5-10,29H,1-4H3. The van der Waals surface area contributed by atoms with Gasteiger partial charge in [-0.2, -0.15) is 5.26 Å². The number of methoxy groups -OCH3 is 3. The maximum Gasteiger partial charge on any atom is 0.277 e. The number of nitrogens with zero attached hydrogens (tertiary/aromatic N) is 3. The molecule has 0 saturated heterocycles. The molecule has 2 aromatic carbocycles. The lowest BCUT2D eigenvalue weighted by molar-refractivity contribution is 0.324. The van der Waals surface area contributed by atoms with Gasteiger partial charge < -0.3 is 14.2 Å². The van der Waals surface area contributed by atoms with Gasteiger partial charge in [-0.1, -0.05) is 12.1 Å². The molecule has 0 amide bonds. The van der Waals surface area contributed by atoms with E-state index in [1.54, 1.807) is 23.9 Å². The van der Waals surface area contributed by atoms with Crippen molar-refractivity contribution in [2.45, 2.75) is 9.92 Å². The Morgan fingerprint density at radius 3 is 2.13 bits per heavy atom. The highest BCUT2D eigenvalue weighted by atomic mass is 32.2. The maximum atomic E-state index is 13.2. The molecule has 0 radical (unpaired) electrons. The number of benzene rings is 2. The summed E-state index contributed by atoms with van der Waals surface area (Å²) in [7, 11) is 4.47. The summed E-state index contributed by atoms with van der Waals surface area (Å²) in [5.41, 5.74) is 0.404. The zero-order valence-electron chi connectivity index (χ0n) is 16.8. The molecule has 0 bridgehead atoms. The minimum Gasteiger partial charge on any atom is -0.493 e. The van der Waals surface area contributed by atoms with Gasteiger partial charge in [0.05, 0.1) is 27.0 Å². The molecule has 0 atom stereocenters. The molecule has 0 saturated carbocycles. The van der Waals surface area contributed by atoms with Gasteiger partial charge in [0.15, 0.2) is 11.5 Å². The molecular weight excluding hydrogens is 422 g/mol. The molecule has 0 aliphatic carbocycles. The van der Waals surface area contributed by atoms with Gasteiger partial charge in [0.1, 0.15) is 22.5 Å². The molecule has 1 heterocycles. The zero-order chi connectivity index (χ0) is 21.8. The lowest BCUT2D eigenvalue weighted by atomic mass is 10.1. The van der Waals surface area contributed by atoms with Crippen molar-refractivity contribution in [3.05, 3.63) is 52.3 Å². The number of aromatic nitrogens is 2. The summed E-state index contributed by atoms with van der Waals surface area (Å²) in [6, 6.07) is 12.7. The molecule has 0 aliphatic heterocycles. The molecular formula is C21H19N3O4S2. The summed E-state index contributed by atoms with van der Waals surface area (Å²) < 4.78 is 17.5. The van der Waals surface area contributed by atoms with E-state index in [0.29, 0.717) is 34.3 Å². The number of hydrogen-bond donors (Lipinski definition) is 1. The average Bonchev–Trinajstić information content (AvgIpc) is 2.78. The highest BCUT2D eigenvalue weighted by molar-refractivity contribution is 7.98. The summed E-state index contributed by atoms with van der Waals surface area (Å²) in [5.74, 6) is 1.47. The van der Waals surface area contributed by atoms with Crippen LogP contribution in [0.2, 0.25) is 0 Å². The van der Waals surface area contributed by atoms with Gasteiger partial charge in [-0.15, -0.1) is 24.4 Å². The van der Waals surface area contributed by atoms with Crippen LogP contribution in [0.1, 0.15) is 5.56 Å². The van der Waals surface area contributed by atoms with Crippen molar-refractivity contribution in [1.82, 2.24) is 9.55 Å². The molecule has 0 unspecified atom stereocenters. The molecule has 9 heteroatoms. The monoisotopic (exact) mass is 441 g/mol. The van der Waals surface area contributed by atoms with Crippen molar-refractivity contribution in [2.24, 2.45) is 0 Å². The lowest BCUT2D eigenvalue weighted by Crippen LogP contribution is -2.25. The quantitative estimate of drug-likeness (QED) is 0.354. The Morgan fingerprint density at radius 1 is 1.07 bits per heavy atom. The fourth-order valence-corrected chi connectivity index (χ4v) is 3.63. The molecule has 1 aromatic heterocycles. The van der Waals surface area contributed by atoms with E-state index >= 15 is 0 Å². The third kappa shape index (κ3) is 3.84. The zero-order valence-corrected chi connectivity index (χ0v) is 18.5. The Morgan fingerprint density at radius 2 is 1.67 bits per heavy atom. The lowest BCUT2D eigenvalue weighted by Gasteiger charge is -2.18. The summed E-state index contributed by atoms with van der Waals surface area (Å²) in [5, 5.41) is 9.52. The normalized spacial score (nSPS) is 10.4. The summed E-state index contributed by atoms with van der Waals surface area (Å²) >= 11 is 5.86. The second kappa shape index (κ2) is 9.15. The number of ether oxygens (including phenoxy) is 3. The van der Waals surface area contributed by atoms with Crippen LogP contribution in [0.25, 0.3) is 17.1 Å². The predicted octanol–water partition coefficient (Wildman–Crippen LogP) is 3.81. The van der Waals surface area contributed by atoms with Crippen molar-refractivity contribution >= 4 is 24.4 Å². The van der Waals surface area contributed by atoms with Gasteiger partial charge in [0, 0.05) is 22.6 Å². The highest BCUT2D eigenvalue weighted by Crippen LogP contribution is 2.39. The third-order valence-electron chi connectivity index (χ3n) is 4.43. The van der Waals surface area contributed by atoms with Crippen molar-refractivity contribution in [2.75, 3.05) is 27.6 Å². The van der Waals surface area contributed by atoms with Crippen LogP contribution in [-0.2, 0) is 0 Å². The Bertz CT molecular complexity index is 1160. The number of thioether (sulfide) groups is 1. The van der Waals surface area contributed by atoms with Crippen LogP contribution in [-0.4, -0.2) is 37.1 Å². The average molecular weight is 442 g/mol. The van der Waals surface area contributed by atoms with Crippen LogP contribution >= 0.6 is 24.4 Å². The number of thiol groups is 1. The number of hydrogen-bond acceptors (Lipinski definition) is 8. The molecule has 0 aliphatic rings. The second-order valence-corrected chi connectivity index (χ2v) is 7.30. The number of rotatable bonds is 6. The first-order valence-corrected chi connectivity index (χ1v) is 10.4. The number of nitriles is 1. The molecule has 0 fully saturated rings. The van der Waals surface area contributed by atoms with E-state index in [2.05, 4.69) is 17.6 Å². The van der Waals surface area contributed by atoms with Crippen molar-refractivity contribution in [1.29, 1.82) is 5.26 Å². The van der Waals surface area contributed by atoms with Crippen molar-refractivity contribution < 1.29 is 14.2 Å². The Balaban J connectivity index is 2.38. The van der Waals surface area contributed by atoms with Gasteiger partial charge in [0.25, 0.3) is 5.56 Å². The summed E-state index contributed by atoms with van der Waals surface area (Å²) in [6.07, 6.45) is 1.98. The molecule has 3 aromatic rings. The van der Waals surface area contributed by atoms with Crippen LogP contribution < -0.4 is 19.8 Å². The van der Waals surface area contributed by atoms with E-state index in [0.717, 1.165) is 4.90 Å². The fourth-order valence-electron chi connectivity index (χ4n) is 2.98. The highest BCUT2D eigenvalue weighted by Gasteiger charge is 2.21. The summed E-state index contributed by atoms with van der Waals surface area (Å²) in [4.78, 5) is 18.7. The van der Waals surface area contributed by atoms with E-state index in [1.165, 1.54) is 25.9 Å². The summed E-state index contributed by atoms with van der Waals surface area (Å²) in [6.45, 7) is 0. The smallest absolute Gasteiger partial charge is 0.277 e. The van der Waals surface area contributed by atoms with Crippen LogP contribution in [0.15, 0.2) is 51.1 Å². The van der Waals surface area contributed by atoms with E-state index in [-0.39, 0.29) is 10.6 Å². The van der Waals surface area contributed by atoms with E-state index < -0.39 is 5.56 Å². The third-order valence-corrected chi connectivity index (χ3v) is 5.50. The van der Waals surface area contributed by atoms with Gasteiger partial charge in [-0.05, 0) is 18.4 Å². The molecule has 0 N–H and O–H groups in total. The first kappa shape index (κ1) is 21.6. The van der Waals surface area contributed by atoms with Gasteiger partial charge >= 0.3 is 0 Å². The van der Waals surface area contributed by atoms with Gasteiger partial charge in [0.2, 0.25) is 5.75 Å². The second-order valence-electron chi connectivity index (χ2n) is 6.00. The first-order chi connectivity index (χ1) is 14.5. The Labute approximate surface area is 183 Å². The van der Waals surface area contributed by atoms with Crippen LogP contribution in [0.4, 0.5) is 0 Å². The molecule has 154 valence electrons. The van der Waals surface area contributed by atoms with Gasteiger partial charge in [-0.25, -0.2) is 4.98 Å². The van der Waals surface area contributed by atoms with Crippen molar-refractivity contribution in [3.63, 3.8) is 0 Å². The molecule has 30 heavy (non-hydrogen) atoms. The maximum absolute atomic E-state index is 13.2. The topological polar surface area (TPSA) is 86.4 Å². The minimum atomic E-state index is -0.546. The predicted molar refractivity (Wildman–Crippen MR) is 119 cm³/mol. The largest absolute Gasteiger partial charge is 0.493 e. The van der Waals surface area contributed by atoms with Crippen molar-refractivity contribution in [3.8, 4) is 40.4 Å². The first-order valence-electron chi connectivity index (χ1n) is 8.69. The molecule has 3 rings (SSSR count). The van der Waals surface area contributed by atoms with E-state index in [9.17, 15) is 10.1 Å². The van der Waals surface area contributed by atoms with Crippen LogP contribution in [0.5, 0.6) is 17.2 Å². The Hall–Kier alpha value is -3.09. The fraction of sp³-hybridized carbons (Fsp3) is 0.190. The SMILES string of the molecule is COc1cc(-n2c(-c3ccc(SC)cc3)nc(S)c(C#N)c2=O)cc(OC)c1OC. The van der Waals surface area contributed by atoms with E-state index in [4.69, 9.17) is 14.2 Å². The van der Waals surface area contributed by atoms with Gasteiger partial charge in [-0.3, -0.25) is 9.36 Å². The Kier molecular flexibility index (Phi) is 6.59. The molecule has 0 spiro atoms.